The van der Waals surface area contributed by atoms with E-state index in [1.807, 2.05) is 0 Å². The van der Waals surface area contributed by atoms with E-state index in [4.69, 9.17) is 22.1 Å². The van der Waals surface area contributed by atoms with E-state index in [-0.39, 0.29) is 33.8 Å². The van der Waals surface area contributed by atoms with Gasteiger partial charge in [-0.25, -0.2) is 13.6 Å². The van der Waals surface area contributed by atoms with Crippen LogP contribution in [-0.4, -0.2) is 31.6 Å². The second kappa shape index (κ2) is 11.6. The van der Waals surface area contributed by atoms with Gasteiger partial charge in [0.1, 0.15) is 21.7 Å². The van der Waals surface area contributed by atoms with Gasteiger partial charge in [-0.15, -0.1) is 22.7 Å². The molecule has 0 saturated carbocycles. The average molecular weight is 612 g/mol. The van der Waals surface area contributed by atoms with E-state index < -0.39 is 52.6 Å². The van der Waals surface area contributed by atoms with E-state index in [9.17, 15) is 28.0 Å². The zero-order valence-corrected chi connectivity index (χ0v) is 24.1. The molecule has 0 bridgehead atoms. The maximum absolute atomic E-state index is 14.9. The Balaban J connectivity index is 1.76. The minimum Gasteiger partial charge on any atom is -0.443 e. The van der Waals surface area contributed by atoms with Crippen LogP contribution >= 0.6 is 34.3 Å². The molecule has 2 N–H and O–H groups in total. The Morgan fingerprint density at radius 2 is 1.82 bits per heavy atom. The van der Waals surface area contributed by atoms with Gasteiger partial charge >= 0.3 is 11.7 Å². The van der Waals surface area contributed by atoms with Crippen LogP contribution in [-0.2, 0) is 41.6 Å². The molecule has 1 atom stereocenters. The van der Waals surface area contributed by atoms with Crippen molar-refractivity contribution in [2.75, 3.05) is 0 Å². The molecule has 212 valence electrons. The highest BCUT2D eigenvalue weighted by Crippen LogP contribution is 2.30. The second-order valence-electron chi connectivity index (χ2n) is 9.25. The number of hydrogen-bond acceptors (Lipinski definition) is 8. The van der Waals surface area contributed by atoms with Crippen molar-refractivity contribution in [3.63, 3.8) is 0 Å². The molecule has 0 spiro atoms. The lowest BCUT2D eigenvalue weighted by atomic mass is 10.1. The van der Waals surface area contributed by atoms with E-state index in [0.717, 1.165) is 33.3 Å². The fourth-order valence-corrected chi connectivity index (χ4v) is 5.94. The smallest absolute Gasteiger partial charge is 0.331 e. The summed E-state index contributed by atoms with van der Waals surface area (Å²) in [7, 11) is 2.88. The molecule has 4 aromatic rings. The average Bonchev–Trinajstić information content (AvgIpc) is 3.51. The van der Waals surface area contributed by atoms with Crippen molar-refractivity contribution in [3.8, 4) is 11.3 Å². The second-order valence-corrected chi connectivity index (χ2v) is 11.3. The largest absolute Gasteiger partial charge is 0.443 e. The van der Waals surface area contributed by atoms with Gasteiger partial charge in [0.2, 0.25) is 0 Å². The number of hydrogen-bond donors (Lipinski definition) is 1. The quantitative estimate of drug-likeness (QED) is 0.253. The molecule has 0 aliphatic rings. The summed E-state index contributed by atoms with van der Waals surface area (Å²) in [6.45, 7) is 3.01. The maximum atomic E-state index is 14.9. The van der Waals surface area contributed by atoms with Crippen molar-refractivity contribution in [3.05, 3.63) is 70.8 Å². The predicted octanol–water partition coefficient (Wildman–Crippen LogP) is 2.91. The molecule has 10 nitrogen and oxygen atoms in total. The van der Waals surface area contributed by atoms with Crippen molar-refractivity contribution >= 4 is 56.4 Å². The van der Waals surface area contributed by atoms with Crippen molar-refractivity contribution < 1.29 is 23.1 Å². The summed E-state index contributed by atoms with van der Waals surface area (Å²) in [5.41, 5.74) is 5.26. The van der Waals surface area contributed by atoms with E-state index in [1.54, 1.807) is 19.2 Å². The fraction of sp³-hybridized carbons (Fsp3) is 0.320. The van der Waals surface area contributed by atoms with Crippen LogP contribution in [0.3, 0.4) is 0 Å². The van der Waals surface area contributed by atoms with E-state index >= 15 is 0 Å². The molecule has 3 heterocycles. The number of rotatable bonds is 7. The first-order chi connectivity index (χ1) is 18.8. The highest BCUT2D eigenvalue weighted by atomic mass is 35.5. The standard InChI is InChI=1S/C25H24ClF2N5O5S2/c1-11(2)20(29)23(36)38-10-33-15(13-5-6-14(27)18(26)19(13)28)9-40-24(33)30-16(34)7-12-8-39-22-17(12)21(35)31(3)25(37)32(22)4/h5-6,8-9,11,20H,7,10,29H2,1-4H3/b30-24-/t20-/m0/s1. The molecule has 4 rings (SSSR count). The number of nitrogens with two attached hydrogens (primary N) is 1. The molecule has 0 radical (unpaired) electrons. The number of esters is 1. The van der Waals surface area contributed by atoms with Crippen molar-refractivity contribution in [2.24, 2.45) is 30.7 Å². The predicted molar refractivity (Wildman–Crippen MR) is 148 cm³/mol. The van der Waals surface area contributed by atoms with Gasteiger partial charge in [0, 0.05) is 25.0 Å². The van der Waals surface area contributed by atoms with Gasteiger partial charge in [-0.1, -0.05) is 25.4 Å². The number of thiazole rings is 1. The number of amides is 1. The fourth-order valence-electron chi connectivity index (χ4n) is 3.84. The van der Waals surface area contributed by atoms with Crippen molar-refractivity contribution in [1.29, 1.82) is 0 Å². The summed E-state index contributed by atoms with van der Waals surface area (Å²) in [6.07, 6.45) is -0.268. The van der Waals surface area contributed by atoms with Crippen LogP contribution in [0, 0.1) is 17.6 Å². The topological polar surface area (TPSA) is 131 Å². The van der Waals surface area contributed by atoms with Gasteiger partial charge in [-0.3, -0.25) is 28.1 Å². The Morgan fingerprint density at radius 3 is 2.50 bits per heavy atom. The summed E-state index contributed by atoms with van der Waals surface area (Å²) in [6, 6.07) is 1.23. The van der Waals surface area contributed by atoms with E-state index in [1.165, 1.54) is 34.7 Å². The third-order valence-electron chi connectivity index (χ3n) is 6.24. The molecule has 0 aliphatic heterocycles. The number of thiophene rings is 1. The Kier molecular flexibility index (Phi) is 8.54. The summed E-state index contributed by atoms with van der Waals surface area (Å²) < 4.78 is 37.6. The Bertz CT molecular complexity index is 1840. The lowest BCUT2D eigenvalue weighted by Crippen LogP contribution is -2.37. The molecule has 0 fully saturated rings. The summed E-state index contributed by atoms with van der Waals surface area (Å²) in [5.74, 6) is -3.58. The third kappa shape index (κ3) is 5.44. The minimum absolute atomic E-state index is 0.0469. The molecule has 15 heteroatoms. The van der Waals surface area contributed by atoms with Crippen LogP contribution in [0.15, 0.2) is 37.5 Å². The number of ether oxygens (including phenoxy) is 1. The van der Waals surface area contributed by atoms with Gasteiger partial charge in [-0.2, -0.15) is 4.99 Å². The van der Waals surface area contributed by atoms with Crippen molar-refractivity contribution in [2.45, 2.75) is 33.0 Å². The van der Waals surface area contributed by atoms with Crippen LogP contribution < -0.4 is 21.8 Å². The Hall–Kier alpha value is -3.46. The highest BCUT2D eigenvalue weighted by Gasteiger charge is 2.22. The Morgan fingerprint density at radius 1 is 1.12 bits per heavy atom. The van der Waals surface area contributed by atoms with Crippen LogP contribution in [0.5, 0.6) is 0 Å². The molecule has 0 unspecified atom stereocenters. The summed E-state index contributed by atoms with van der Waals surface area (Å²) in [5, 5.41) is 2.58. The maximum Gasteiger partial charge on any atom is 0.331 e. The van der Waals surface area contributed by atoms with Crippen LogP contribution in [0.2, 0.25) is 5.02 Å². The number of aromatic nitrogens is 3. The number of benzene rings is 1. The van der Waals surface area contributed by atoms with Gasteiger partial charge in [0.05, 0.1) is 17.5 Å². The summed E-state index contributed by atoms with van der Waals surface area (Å²) in [4.78, 5) is 55.0. The van der Waals surface area contributed by atoms with Crippen LogP contribution in [0.4, 0.5) is 8.78 Å². The number of fused-ring (bicyclic) bond motifs is 1. The first-order valence-electron chi connectivity index (χ1n) is 11.8. The zero-order chi connectivity index (χ0) is 29.5. The third-order valence-corrected chi connectivity index (χ3v) is 8.56. The minimum atomic E-state index is -1.04. The molecular formula is C25H24ClF2N5O5S2. The lowest BCUT2D eigenvalue weighted by molar-refractivity contribution is -0.150. The number of halogens is 3. The lowest BCUT2D eigenvalue weighted by Gasteiger charge is -2.16. The highest BCUT2D eigenvalue weighted by molar-refractivity contribution is 7.17. The van der Waals surface area contributed by atoms with Crippen LogP contribution in [0.25, 0.3) is 21.5 Å². The number of carbonyl (C=O) groups is 2. The monoisotopic (exact) mass is 611 g/mol. The van der Waals surface area contributed by atoms with E-state index in [2.05, 4.69) is 4.99 Å². The molecule has 1 aromatic carbocycles. The number of nitrogens with zero attached hydrogens (tertiary/aromatic N) is 4. The van der Waals surface area contributed by atoms with Crippen LogP contribution in [0.1, 0.15) is 19.4 Å². The normalized spacial score (nSPS) is 12.9. The first kappa shape index (κ1) is 29.5. The number of carbonyl (C=O) groups excluding carboxylic acids is 2. The molecule has 1 amide bonds. The van der Waals surface area contributed by atoms with Gasteiger partial charge in [0.15, 0.2) is 17.3 Å². The molecule has 3 aromatic heterocycles. The summed E-state index contributed by atoms with van der Waals surface area (Å²) >= 11 is 7.87. The van der Waals surface area contributed by atoms with Gasteiger partial charge in [-0.05, 0) is 29.0 Å². The molecule has 0 aliphatic carbocycles. The Labute approximate surface area is 238 Å². The van der Waals surface area contributed by atoms with E-state index in [0.29, 0.717) is 10.4 Å². The molecular weight excluding hydrogens is 588 g/mol. The number of aryl methyl sites for hydroxylation is 1. The van der Waals surface area contributed by atoms with Gasteiger partial charge < -0.3 is 10.5 Å². The molecule has 40 heavy (non-hydrogen) atoms. The zero-order valence-electron chi connectivity index (χ0n) is 21.7. The first-order valence-corrected chi connectivity index (χ1v) is 13.9. The van der Waals surface area contributed by atoms with Crippen molar-refractivity contribution in [1.82, 2.24) is 13.7 Å². The SMILES string of the molecule is CC(C)[C@H](N)C(=O)OCn1c(-c2ccc(F)c(Cl)c2F)cs/c1=N\C(=O)Cc1csc2c1c(=O)n(C)c(=O)n2C. The molecule has 0 saturated heterocycles. The van der Waals surface area contributed by atoms with Gasteiger partial charge in [0.25, 0.3) is 11.5 Å².